The van der Waals surface area contributed by atoms with Gasteiger partial charge in [-0.25, -0.2) is 4.98 Å². The van der Waals surface area contributed by atoms with Crippen LogP contribution in [0, 0.1) is 0 Å². The van der Waals surface area contributed by atoms with E-state index >= 15 is 0 Å². The molecular weight excluding hydrogens is 351 g/mol. The Kier molecular flexibility index (Phi) is 4.61. The van der Waals surface area contributed by atoms with E-state index in [-0.39, 0.29) is 12.2 Å². The largest absolute Gasteiger partial charge is 0.463 e. The summed E-state index contributed by atoms with van der Waals surface area (Å²) in [6, 6.07) is 8.53. The number of alkyl halides is 3. The number of aromatic nitrogens is 2. The first-order valence-corrected chi connectivity index (χ1v) is 7.40. The second-order valence-corrected chi connectivity index (χ2v) is 5.34. The van der Waals surface area contributed by atoms with Gasteiger partial charge < -0.3 is 9.73 Å². The summed E-state index contributed by atoms with van der Waals surface area (Å²) in [5.41, 5.74) is -0.756. The quantitative estimate of drug-likeness (QED) is 0.772. The van der Waals surface area contributed by atoms with Crippen molar-refractivity contribution in [2.75, 3.05) is 5.32 Å². The Labute approximate surface area is 144 Å². The third-order valence-corrected chi connectivity index (χ3v) is 3.46. The normalized spacial score (nSPS) is 11.3. The number of carbonyl (C=O) groups excluding carboxylic acids is 1. The Morgan fingerprint density at radius 1 is 1.19 bits per heavy atom. The minimum atomic E-state index is -4.45. The Bertz CT molecular complexity index is 961. The fourth-order valence-corrected chi connectivity index (χ4v) is 2.20. The molecule has 0 atom stereocenters. The molecule has 1 amide bonds. The van der Waals surface area contributed by atoms with Gasteiger partial charge in [0.25, 0.3) is 5.56 Å². The molecule has 0 unspecified atom stereocenters. The van der Waals surface area contributed by atoms with Gasteiger partial charge in [-0.2, -0.15) is 13.2 Å². The van der Waals surface area contributed by atoms with Gasteiger partial charge in [-0.3, -0.25) is 14.2 Å². The number of furan rings is 1. The summed E-state index contributed by atoms with van der Waals surface area (Å²) in [4.78, 5) is 28.1. The van der Waals surface area contributed by atoms with Crippen LogP contribution in [0.5, 0.6) is 0 Å². The van der Waals surface area contributed by atoms with Crippen molar-refractivity contribution in [3.8, 4) is 11.5 Å². The number of benzene rings is 1. The van der Waals surface area contributed by atoms with E-state index in [0.717, 1.165) is 28.8 Å². The summed E-state index contributed by atoms with van der Waals surface area (Å²) in [5, 5.41) is 2.43. The maximum atomic E-state index is 12.5. The fraction of sp³-hybridized carbons (Fsp3) is 0.118. The maximum absolute atomic E-state index is 12.5. The second kappa shape index (κ2) is 6.87. The minimum absolute atomic E-state index is 0.191. The monoisotopic (exact) mass is 363 g/mol. The number of halogens is 3. The Hall–Kier alpha value is -3.36. The van der Waals surface area contributed by atoms with Crippen LogP contribution in [0.3, 0.4) is 0 Å². The van der Waals surface area contributed by atoms with Crippen molar-refractivity contribution in [2.45, 2.75) is 12.7 Å². The average Bonchev–Trinajstić information content (AvgIpc) is 3.11. The van der Waals surface area contributed by atoms with Gasteiger partial charge in [-0.15, -0.1) is 0 Å². The number of rotatable bonds is 4. The van der Waals surface area contributed by atoms with E-state index in [1.807, 2.05) is 0 Å². The lowest BCUT2D eigenvalue weighted by molar-refractivity contribution is -0.137. The highest BCUT2D eigenvalue weighted by Crippen LogP contribution is 2.29. The van der Waals surface area contributed by atoms with Gasteiger partial charge in [0.05, 0.1) is 18.2 Å². The molecule has 0 saturated carbocycles. The molecule has 2 aromatic heterocycles. The molecule has 1 N–H and O–H groups in total. The smallest absolute Gasteiger partial charge is 0.416 e. The van der Waals surface area contributed by atoms with Crippen molar-refractivity contribution in [1.29, 1.82) is 0 Å². The second-order valence-electron chi connectivity index (χ2n) is 5.34. The summed E-state index contributed by atoms with van der Waals surface area (Å²) >= 11 is 0. The van der Waals surface area contributed by atoms with Crippen molar-refractivity contribution in [1.82, 2.24) is 9.55 Å². The standard InChI is InChI=1S/C17H12F3N3O3/c18-17(19,20)11-3-5-12(6-4-11)22-15(24)9-23-10-21-13(8-16(23)25)14-2-1-7-26-14/h1-8,10H,9H2,(H,22,24). The zero-order chi connectivity index (χ0) is 18.7. The molecule has 0 aliphatic carbocycles. The molecule has 9 heteroatoms. The molecule has 0 aliphatic heterocycles. The highest BCUT2D eigenvalue weighted by atomic mass is 19.4. The number of carbonyl (C=O) groups is 1. The number of nitrogens with zero attached hydrogens (tertiary/aromatic N) is 2. The van der Waals surface area contributed by atoms with Crippen molar-refractivity contribution in [2.24, 2.45) is 0 Å². The van der Waals surface area contributed by atoms with Crippen molar-refractivity contribution < 1.29 is 22.4 Å². The lowest BCUT2D eigenvalue weighted by Crippen LogP contribution is -2.27. The summed E-state index contributed by atoms with van der Waals surface area (Å²) in [6.45, 7) is -0.328. The van der Waals surface area contributed by atoms with Crippen LogP contribution < -0.4 is 10.9 Å². The van der Waals surface area contributed by atoms with Crippen LogP contribution in [-0.2, 0) is 17.5 Å². The van der Waals surface area contributed by atoms with Gasteiger partial charge in [0.1, 0.15) is 12.2 Å². The van der Waals surface area contributed by atoms with Gasteiger partial charge in [0, 0.05) is 11.8 Å². The van der Waals surface area contributed by atoms with Gasteiger partial charge in [0.15, 0.2) is 5.76 Å². The van der Waals surface area contributed by atoms with Crippen LogP contribution in [0.1, 0.15) is 5.56 Å². The van der Waals surface area contributed by atoms with Crippen molar-refractivity contribution >= 4 is 11.6 Å². The molecule has 1 aromatic carbocycles. The van der Waals surface area contributed by atoms with E-state index in [1.54, 1.807) is 12.1 Å². The van der Waals surface area contributed by atoms with E-state index in [9.17, 15) is 22.8 Å². The van der Waals surface area contributed by atoms with E-state index in [4.69, 9.17) is 4.42 Å². The van der Waals surface area contributed by atoms with Crippen LogP contribution >= 0.6 is 0 Å². The van der Waals surface area contributed by atoms with Gasteiger partial charge >= 0.3 is 6.18 Å². The van der Waals surface area contributed by atoms with Gasteiger partial charge in [-0.1, -0.05) is 0 Å². The molecule has 3 aromatic rings. The molecule has 0 radical (unpaired) electrons. The Morgan fingerprint density at radius 2 is 1.92 bits per heavy atom. The van der Waals surface area contributed by atoms with Crippen LogP contribution in [-0.4, -0.2) is 15.5 Å². The molecule has 0 fully saturated rings. The number of anilines is 1. The van der Waals surface area contributed by atoms with E-state index in [2.05, 4.69) is 10.3 Å². The van der Waals surface area contributed by atoms with Gasteiger partial charge in [-0.05, 0) is 36.4 Å². The molecule has 26 heavy (non-hydrogen) atoms. The zero-order valence-electron chi connectivity index (χ0n) is 13.2. The molecule has 0 bridgehead atoms. The summed E-state index contributed by atoms with van der Waals surface area (Å²) < 4.78 is 43.7. The molecule has 134 valence electrons. The molecule has 2 heterocycles. The van der Waals surface area contributed by atoms with E-state index < -0.39 is 23.2 Å². The predicted molar refractivity (Wildman–Crippen MR) is 86.3 cm³/mol. The van der Waals surface area contributed by atoms with Crippen LogP contribution in [0.15, 0.2) is 64.3 Å². The molecule has 0 aliphatic rings. The third kappa shape index (κ3) is 4.00. The van der Waals surface area contributed by atoms with Crippen molar-refractivity contribution in [3.63, 3.8) is 0 Å². The highest BCUT2D eigenvalue weighted by Gasteiger charge is 2.29. The van der Waals surface area contributed by atoms with Gasteiger partial charge in [0.2, 0.25) is 5.91 Å². The first-order valence-electron chi connectivity index (χ1n) is 7.40. The van der Waals surface area contributed by atoms with Crippen LogP contribution in [0.2, 0.25) is 0 Å². The van der Waals surface area contributed by atoms with Crippen LogP contribution in [0.4, 0.5) is 18.9 Å². The predicted octanol–water partition coefficient (Wildman–Crippen LogP) is 3.16. The van der Waals surface area contributed by atoms with Crippen molar-refractivity contribution in [3.05, 3.63) is 71.0 Å². The molecule has 3 rings (SSSR count). The lowest BCUT2D eigenvalue weighted by Gasteiger charge is -2.09. The summed E-state index contributed by atoms with van der Waals surface area (Å²) in [7, 11) is 0. The summed E-state index contributed by atoms with van der Waals surface area (Å²) in [6.07, 6.45) is -1.80. The number of hydrogen-bond donors (Lipinski definition) is 1. The number of amides is 1. The van der Waals surface area contributed by atoms with Crippen LogP contribution in [0.25, 0.3) is 11.5 Å². The average molecular weight is 363 g/mol. The topological polar surface area (TPSA) is 77.1 Å². The Morgan fingerprint density at radius 3 is 2.50 bits per heavy atom. The highest BCUT2D eigenvalue weighted by molar-refractivity contribution is 5.90. The first kappa shape index (κ1) is 17.5. The Balaban J connectivity index is 1.67. The fourth-order valence-electron chi connectivity index (χ4n) is 2.20. The maximum Gasteiger partial charge on any atom is 0.416 e. The third-order valence-electron chi connectivity index (χ3n) is 3.46. The minimum Gasteiger partial charge on any atom is -0.463 e. The lowest BCUT2D eigenvalue weighted by atomic mass is 10.2. The number of nitrogens with one attached hydrogen (secondary N) is 1. The molecular formula is C17H12F3N3O3. The number of hydrogen-bond acceptors (Lipinski definition) is 4. The molecule has 0 saturated heterocycles. The SMILES string of the molecule is O=C(Cn1cnc(-c2ccco2)cc1=O)Nc1ccc(C(F)(F)F)cc1. The van der Waals surface area contributed by atoms with E-state index in [1.165, 1.54) is 18.7 Å². The molecule has 0 spiro atoms. The van der Waals surface area contributed by atoms with E-state index in [0.29, 0.717) is 11.5 Å². The summed E-state index contributed by atoms with van der Waals surface area (Å²) in [5.74, 6) is -0.150. The zero-order valence-corrected chi connectivity index (χ0v) is 13.2. The first-order chi connectivity index (χ1) is 12.3. The molecule has 6 nitrogen and oxygen atoms in total.